The third-order valence-electron chi connectivity index (χ3n) is 9.31. The zero-order valence-corrected chi connectivity index (χ0v) is 36.0. The number of terminal acetylenes is 1. The van der Waals surface area contributed by atoms with Gasteiger partial charge in [-0.2, -0.15) is 0 Å². The van der Waals surface area contributed by atoms with Crippen LogP contribution in [0.15, 0.2) is 91.0 Å². The second-order valence-corrected chi connectivity index (χ2v) is 20.1. The predicted molar refractivity (Wildman–Crippen MR) is 221 cm³/mol. The Morgan fingerprint density at radius 1 is 0.565 bits per heavy atom. The van der Waals surface area contributed by atoms with Gasteiger partial charge in [0.15, 0.2) is 36.8 Å². The highest BCUT2D eigenvalue weighted by Gasteiger charge is 2.56. The van der Waals surface area contributed by atoms with Crippen molar-refractivity contribution in [2.24, 2.45) is 5.92 Å². The Balaban J connectivity index is 1.65. The zero-order valence-electron chi connectivity index (χ0n) is 35.0. The number of carbonyl (C=O) groups is 6. The average molecular weight is 869 g/mol. The molecule has 0 radical (unpaired) electrons. The lowest BCUT2D eigenvalue weighted by Crippen LogP contribution is -2.65. The van der Waals surface area contributed by atoms with Crippen LogP contribution in [0.4, 0.5) is 0 Å². The molecule has 326 valence electrons. The molecule has 2 aliphatic heterocycles. The van der Waals surface area contributed by atoms with E-state index in [1.807, 2.05) is 19.6 Å². The van der Waals surface area contributed by atoms with Gasteiger partial charge in [0, 0.05) is 20.8 Å². The Morgan fingerprint density at radius 2 is 1.05 bits per heavy atom. The van der Waals surface area contributed by atoms with Crippen molar-refractivity contribution in [3.05, 3.63) is 108 Å². The number of carbonyl (C=O) groups excluding carboxylic acids is 6. The van der Waals surface area contributed by atoms with Crippen molar-refractivity contribution < 1.29 is 71.4 Å². The molecule has 0 amide bonds. The van der Waals surface area contributed by atoms with E-state index < -0.39 is 118 Å². The highest BCUT2D eigenvalue weighted by molar-refractivity contribution is 6.83. The molecule has 0 aromatic heterocycles. The molecule has 0 bridgehead atoms. The van der Waals surface area contributed by atoms with Gasteiger partial charge in [0.1, 0.15) is 39.6 Å². The highest BCUT2D eigenvalue weighted by atomic mass is 28.3. The lowest BCUT2D eigenvalue weighted by Gasteiger charge is -2.48. The van der Waals surface area contributed by atoms with Crippen LogP contribution in [0.2, 0.25) is 19.6 Å². The second kappa shape index (κ2) is 21.5. The van der Waals surface area contributed by atoms with Gasteiger partial charge in [-0.1, -0.05) is 86.1 Å². The molecule has 0 unspecified atom stereocenters. The first kappa shape index (κ1) is 46.8. The molecule has 2 fully saturated rings. The van der Waals surface area contributed by atoms with E-state index in [0.717, 1.165) is 13.8 Å². The molecule has 3 aromatic rings. The molecule has 5 rings (SSSR count). The first-order valence-electron chi connectivity index (χ1n) is 19.7. The van der Waals surface area contributed by atoms with E-state index in [0.29, 0.717) is 0 Å². The summed E-state index contributed by atoms with van der Waals surface area (Å²) < 4.78 is 54.3. The van der Waals surface area contributed by atoms with Crippen molar-refractivity contribution >= 4 is 43.9 Å². The lowest BCUT2D eigenvalue weighted by atomic mass is 9.88. The van der Waals surface area contributed by atoms with Gasteiger partial charge in [-0.3, -0.25) is 14.4 Å². The van der Waals surface area contributed by atoms with Crippen LogP contribution < -0.4 is 0 Å². The summed E-state index contributed by atoms with van der Waals surface area (Å²) in [6.45, 7) is 8.36. The van der Waals surface area contributed by atoms with Crippen LogP contribution in [0.3, 0.4) is 0 Å². The van der Waals surface area contributed by atoms with E-state index in [1.165, 1.54) is 31.2 Å². The highest BCUT2D eigenvalue weighted by Crippen LogP contribution is 2.37. The first-order chi connectivity index (χ1) is 29.5. The van der Waals surface area contributed by atoms with Crippen LogP contribution in [-0.4, -0.2) is 112 Å². The smallest absolute Gasteiger partial charge is 0.338 e. The van der Waals surface area contributed by atoms with Gasteiger partial charge in [0.05, 0.1) is 22.6 Å². The summed E-state index contributed by atoms with van der Waals surface area (Å²) in [5.74, 6) is -0.453. The molecule has 62 heavy (non-hydrogen) atoms. The third-order valence-corrected chi connectivity index (χ3v) is 10.2. The van der Waals surface area contributed by atoms with Crippen molar-refractivity contribution in [3.8, 4) is 23.8 Å². The minimum Gasteiger partial charge on any atom is -0.463 e. The van der Waals surface area contributed by atoms with Gasteiger partial charge in [0.25, 0.3) is 0 Å². The van der Waals surface area contributed by atoms with Crippen molar-refractivity contribution in [2.75, 3.05) is 13.2 Å². The summed E-state index contributed by atoms with van der Waals surface area (Å²) in [5, 5.41) is 0. The van der Waals surface area contributed by atoms with Crippen LogP contribution >= 0.6 is 0 Å². The van der Waals surface area contributed by atoms with E-state index in [2.05, 4.69) is 17.4 Å². The SMILES string of the molecule is C#C[C@H]1[C@H](OC(=O)c2ccccc2)[C@@H](OC(=O)c2ccccc2)[C@H](O[C@H]2[C@H](OC(C)=O)[C@@H](OC(C)=O)[C@H](C#C[Si](C)(C)C)O[C@@H]2COC(C)=O)O[C@@H]1COC(=O)c1ccccc1. The molecule has 0 N–H and O–H groups in total. The Kier molecular flexibility index (Phi) is 16.2. The molecular formula is C46H48O15Si. The molecule has 2 heterocycles. The topological polar surface area (TPSA) is 185 Å². The second-order valence-electron chi connectivity index (χ2n) is 15.3. The van der Waals surface area contributed by atoms with E-state index in [1.54, 1.807) is 66.7 Å². The van der Waals surface area contributed by atoms with Crippen LogP contribution in [0.1, 0.15) is 51.8 Å². The predicted octanol–water partition coefficient (Wildman–Crippen LogP) is 4.73. The summed E-state index contributed by atoms with van der Waals surface area (Å²) in [7, 11) is -2.10. The molecule has 0 aliphatic carbocycles. The maximum Gasteiger partial charge on any atom is 0.338 e. The molecule has 0 saturated carbocycles. The summed E-state index contributed by atoms with van der Waals surface area (Å²) in [5.41, 5.74) is 3.62. The number of hydrogen-bond donors (Lipinski definition) is 0. The standard InChI is InChI=1S/C46H48O15Si/c1-8-34-36(26-54-43(50)31-18-12-9-13-19-31)58-46(42(60-45(52)33-22-16-11-17-23-33)38(34)59-44(51)32-20-14-10-15-21-32)61-40-37(27-53-28(2)47)57-35(24-25-62(5,6)7)39(55-29(3)48)41(40)56-30(4)49/h1,9-23,34-42,46H,26-27H2,2-7H3/t34-,35+,36-,37-,38+,39+,40-,41-,42-,46+/m1/s1. The first-order valence-corrected chi connectivity index (χ1v) is 23.2. The maximum atomic E-state index is 13.9. The lowest BCUT2D eigenvalue weighted by molar-refractivity contribution is -0.329. The summed E-state index contributed by atoms with van der Waals surface area (Å²) >= 11 is 0. The third kappa shape index (κ3) is 12.9. The average Bonchev–Trinajstić information content (AvgIpc) is 3.24. The Bertz CT molecular complexity index is 2160. The fraction of sp³-hybridized carbons (Fsp3) is 0.391. The van der Waals surface area contributed by atoms with E-state index in [-0.39, 0.29) is 16.7 Å². The van der Waals surface area contributed by atoms with E-state index >= 15 is 0 Å². The van der Waals surface area contributed by atoms with Crippen molar-refractivity contribution in [1.82, 2.24) is 0 Å². The summed E-state index contributed by atoms with van der Waals surface area (Å²) in [4.78, 5) is 78.7. The van der Waals surface area contributed by atoms with E-state index in [9.17, 15) is 28.8 Å². The molecule has 15 nitrogen and oxygen atoms in total. The van der Waals surface area contributed by atoms with Crippen molar-refractivity contribution in [3.63, 3.8) is 0 Å². The van der Waals surface area contributed by atoms with Crippen LogP contribution in [0.5, 0.6) is 0 Å². The minimum atomic E-state index is -2.10. The number of hydrogen-bond acceptors (Lipinski definition) is 15. The Hall–Kier alpha value is -6.30. The number of benzene rings is 3. The van der Waals surface area contributed by atoms with Gasteiger partial charge in [0.2, 0.25) is 0 Å². The van der Waals surface area contributed by atoms with Gasteiger partial charge in [-0.25, -0.2) is 14.4 Å². The Labute approximate surface area is 360 Å². The zero-order chi connectivity index (χ0) is 45.0. The van der Waals surface area contributed by atoms with E-state index in [4.69, 9.17) is 49.1 Å². The fourth-order valence-electron chi connectivity index (χ4n) is 6.59. The Morgan fingerprint density at radius 3 is 1.53 bits per heavy atom. The van der Waals surface area contributed by atoms with Gasteiger partial charge < -0.3 is 42.6 Å². The maximum absolute atomic E-state index is 13.9. The van der Waals surface area contributed by atoms with Crippen LogP contribution in [-0.2, 0) is 57.0 Å². The van der Waals surface area contributed by atoms with Crippen molar-refractivity contribution in [2.45, 2.75) is 95.5 Å². The van der Waals surface area contributed by atoms with Crippen LogP contribution in [0.25, 0.3) is 0 Å². The van der Waals surface area contributed by atoms with Gasteiger partial charge in [-0.15, -0.1) is 12.0 Å². The molecular weight excluding hydrogens is 821 g/mol. The summed E-state index contributed by atoms with van der Waals surface area (Å²) in [6, 6.07) is 23.9. The molecule has 2 saturated heterocycles. The quantitative estimate of drug-likeness (QED) is 0.0993. The van der Waals surface area contributed by atoms with Gasteiger partial charge >= 0.3 is 35.8 Å². The summed E-state index contributed by atoms with van der Waals surface area (Å²) in [6.07, 6.45) is -7.23. The number of ether oxygens (including phenoxy) is 9. The fourth-order valence-corrected chi connectivity index (χ4v) is 7.16. The monoisotopic (exact) mass is 868 g/mol. The molecule has 0 spiro atoms. The number of rotatable bonds is 13. The van der Waals surface area contributed by atoms with Crippen molar-refractivity contribution in [1.29, 1.82) is 0 Å². The minimum absolute atomic E-state index is 0.0980. The normalized spacial score (nSPS) is 25.6. The van der Waals surface area contributed by atoms with Crippen LogP contribution in [0, 0.1) is 29.7 Å². The molecule has 16 heteroatoms. The van der Waals surface area contributed by atoms with Gasteiger partial charge in [-0.05, 0) is 36.4 Å². The largest absolute Gasteiger partial charge is 0.463 e. The molecule has 10 atom stereocenters. The molecule has 2 aliphatic rings. The number of esters is 6. The molecule has 3 aromatic carbocycles.